The second-order valence-electron chi connectivity index (χ2n) is 5.74. The van der Waals surface area contributed by atoms with Crippen LogP contribution in [-0.4, -0.2) is 24.0 Å². The molecule has 104 valence electrons. The van der Waals surface area contributed by atoms with Gasteiger partial charge >= 0.3 is 0 Å². The van der Waals surface area contributed by atoms with E-state index in [1.807, 2.05) is 45.0 Å². The number of rotatable bonds is 4. The standard InChI is InChI=1S/C16H23NO2/c1-12(2)19-14-8-6-13(7-9-14)15(18)16(3)10-4-5-11-17-16/h6-9,12,17H,4-5,10-11H2,1-3H3. The van der Waals surface area contributed by atoms with Gasteiger partial charge in [0.2, 0.25) is 0 Å². The predicted molar refractivity (Wildman–Crippen MR) is 76.8 cm³/mol. The Morgan fingerprint density at radius 1 is 1.26 bits per heavy atom. The number of nitrogens with one attached hydrogen (secondary N) is 1. The minimum absolute atomic E-state index is 0.152. The summed E-state index contributed by atoms with van der Waals surface area (Å²) >= 11 is 0. The van der Waals surface area contributed by atoms with Crippen LogP contribution in [-0.2, 0) is 0 Å². The van der Waals surface area contributed by atoms with Gasteiger partial charge in [-0.1, -0.05) is 0 Å². The summed E-state index contributed by atoms with van der Waals surface area (Å²) in [6, 6.07) is 7.47. The van der Waals surface area contributed by atoms with E-state index in [1.165, 1.54) is 0 Å². The first kappa shape index (κ1) is 14.1. The van der Waals surface area contributed by atoms with Gasteiger partial charge in [0, 0.05) is 5.56 Å². The van der Waals surface area contributed by atoms with Crippen LogP contribution < -0.4 is 10.1 Å². The highest BCUT2D eigenvalue weighted by molar-refractivity contribution is 6.03. The molecule has 0 amide bonds. The second kappa shape index (κ2) is 5.74. The zero-order valence-electron chi connectivity index (χ0n) is 12.0. The Labute approximate surface area is 115 Å². The summed E-state index contributed by atoms with van der Waals surface area (Å²) in [5.74, 6) is 0.997. The lowest BCUT2D eigenvalue weighted by molar-refractivity contribution is 0.0835. The summed E-state index contributed by atoms with van der Waals surface area (Å²) in [4.78, 5) is 12.6. The number of ether oxygens (including phenoxy) is 1. The monoisotopic (exact) mass is 261 g/mol. The van der Waals surface area contributed by atoms with Gasteiger partial charge in [-0.15, -0.1) is 0 Å². The van der Waals surface area contributed by atoms with Crippen molar-refractivity contribution in [3.63, 3.8) is 0 Å². The van der Waals surface area contributed by atoms with E-state index in [4.69, 9.17) is 4.74 Å². The quantitative estimate of drug-likeness (QED) is 0.846. The van der Waals surface area contributed by atoms with Gasteiger partial charge in [0.05, 0.1) is 11.6 Å². The van der Waals surface area contributed by atoms with Gasteiger partial charge in [-0.2, -0.15) is 0 Å². The minimum atomic E-state index is -0.404. The molecule has 1 fully saturated rings. The van der Waals surface area contributed by atoms with Crippen LogP contribution in [0.4, 0.5) is 0 Å². The Balaban J connectivity index is 2.10. The van der Waals surface area contributed by atoms with E-state index in [-0.39, 0.29) is 11.9 Å². The van der Waals surface area contributed by atoms with Crippen molar-refractivity contribution in [2.24, 2.45) is 0 Å². The number of piperidine rings is 1. The third kappa shape index (κ3) is 3.35. The second-order valence-corrected chi connectivity index (χ2v) is 5.74. The summed E-state index contributed by atoms with van der Waals surface area (Å²) in [6.45, 7) is 6.92. The summed E-state index contributed by atoms with van der Waals surface area (Å²) in [5, 5.41) is 3.36. The zero-order chi connectivity index (χ0) is 13.9. The number of Topliss-reactive ketones (excluding diaryl/α,β-unsaturated/α-hetero) is 1. The van der Waals surface area contributed by atoms with Crippen LogP contribution in [0.25, 0.3) is 0 Å². The number of ketones is 1. The maximum Gasteiger partial charge on any atom is 0.182 e. The number of hydrogen-bond donors (Lipinski definition) is 1. The highest BCUT2D eigenvalue weighted by Gasteiger charge is 2.34. The molecular weight excluding hydrogens is 238 g/mol. The molecule has 1 heterocycles. The maximum atomic E-state index is 12.6. The van der Waals surface area contributed by atoms with Crippen LogP contribution >= 0.6 is 0 Å². The van der Waals surface area contributed by atoms with Crippen molar-refractivity contribution in [2.75, 3.05) is 6.54 Å². The highest BCUT2D eigenvalue weighted by Crippen LogP contribution is 2.24. The number of carbonyl (C=O) groups is 1. The molecule has 0 bridgehead atoms. The number of carbonyl (C=O) groups excluding carboxylic acids is 1. The molecule has 1 saturated heterocycles. The largest absolute Gasteiger partial charge is 0.491 e. The SMILES string of the molecule is CC(C)Oc1ccc(C(=O)C2(C)CCCCN2)cc1. The van der Waals surface area contributed by atoms with E-state index in [2.05, 4.69) is 5.32 Å². The van der Waals surface area contributed by atoms with E-state index in [0.717, 1.165) is 37.1 Å². The summed E-state index contributed by atoms with van der Waals surface area (Å²) < 4.78 is 5.59. The van der Waals surface area contributed by atoms with Gasteiger partial charge in [-0.25, -0.2) is 0 Å². The van der Waals surface area contributed by atoms with E-state index in [1.54, 1.807) is 0 Å². The van der Waals surface area contributed by atoms with Crippen molar-refractivity contribution >= 4 is 5.78 Å². The highest BCUT2D eigenvalue weighted by atomic mass is 16.5. The van der Waals surface area contributed by atoms with Crippen LogP contribution in [0.2, 0.25) is 0 Å². The van der Waals surface area contributed by atoms with Crippen molar-refractivity contribution in [1.82, 2.24) is 5.32 Å². The topological polar surface area (TPSA) is 38.3 Å². The average molecular weight is 261 g/mol. The lowest BCUT2D eigenvalue weighted by atomic mass is 9.84. The summed E-state index contributed by atoms with van der Waals surface area (Å²) in [6.07, 6.45) is 3.34. The van der Waals surface area contributed by atoms with E-state index < -0.39 is 5.54 Å². The van der Waals surface area contributed by atoms with E-state index in [9.17, 15) is 4.79 Å². The van der Waals surface area contributed by atoms with Crippen LogP contribution in [0.3, 0.4) is 0 Å². The molecule has 1 aromatic carbocycles. The molecule has 0 radical (unpaired) electrons. The molecule has 3 nitrogen and oxygen atoms in total. The van der Waals surface area contributed by atoms with Gasteiger partial charge < -0.3 is 10.1 Å². The van der Waals surface area contributed by atoms with Crippen LogP contribution in [0, 0.1) is 0 Å². The first-order chi connectivity index (χ1) is 9.01. The fraction of sp³-hybridized carbons (Fsp3) is 0.562. The minimum Gasteiger partial charge on any atom is -0.491 e. The molecular formula is C16H23NO2. The lowest BCUT2D eigenvalue weighted by Gasteiger charge is -2.33. The van der Waals surface area contributed by atoms with Crippen molar-refractivity contribution < 1.29 is 9.53 Å². The molecule has 0 spiro atoms. The molecule has 19 heavy (non-hydrogen) atoms. The van der Waals surface area contributed by atoms with Gasteiger partial charge in [0.15, 0.2) is 5.78 Å². The third-order valence-corrected chi connectivity index (χ3v) is 3.61. The van der Waals surface area contributed by atoms with Gasteiger partial charge in [0.1, 0.15) is 5.75 Å². The fourth-order valence-electron chi connectivity index (χ4n) is 2.53. The van der Waals surface area contributed by atoms with Gasteiger partial charge in [-0.3, -0.25) is 4.79 Å². The molecule has 1 unspecified atom stereocenters. The fourth-order valence-corrected chi connectivity index (χ4v) is 2.53. The Morgan fingerprint density at radius 2 is 1.95 bits per heavy atom. The Kier molecular flexibility index (Phi) is 4.25. The molecule has 0 aliphatic carbocycles. The van der Waals surface area contributed by atoms with E-state index >= 15 is 0 Å². The van der Waals surface area contributed by atoms with Crippen molar-refractivity contribution in [3.05, 3.63) is 29.8 Å². The molecule has 1 aliphatic rings. The molecule has 1 N–H and O–H groups in total. The lowest BCUT2D eigenvalue weighted by Crippen LogP contribution is -2.52. The van der Waals surface area contributed by atoms with Crippen molar-refractivity contribution in [1.29, 1.82) is 0 Å². The molecule has 2 rings (SSSR count). The van der Waals surface area contributed by atoms with Crippen LogP contribution in [0.5, 0.6) is 5.75 Å². The summed E-state index contributed by atoms with van der Waals surface area (Å²) in [5.41, 5.74) is 0.353. The number of hydrogen-bond acceptors (Lipinski definition) is 3. The summed E-state index contributed by atoms with van der Waals surface area (Å²) in [7, 11) is 0. The smallest absolute Gasteiger partial charge is 0.182 e. The van der Waals surface area contributed by atoms with Crippen molar-refractivity contribution in [3.8, 4) is 5.75 Å². The first-order valence-corrected chi connectivity index (χ1v) is 7.08. The third-order valence-electron chi connectivity index (χ3n) is 3.61. The van der Waals surface area contributed by atoms with Gasteiger partial charge in [-0.05, 0) is 70.8 Å². The van der Waals surface area contributed by atoms with E-state index in [0.29, 0.717) is 0 Å². The molecule has 0 aromatic heterocycles. The molecule has 3 heteroatoms. The Bertz CT molecular complexity index is 431. The van der Waals surface area contributed by atoms with Gasteiger partial charge in [0.25, 0.3) is 0 Å². The first-order valence-electron chi connectivity index (χ1n) is 7.08. The molecule has 1 aromatic rings. The van der Waals surface area contributed by atoms with Crippen LogP contribution in [0.15, 0.2) is 24.3 Å². The normalized spacial score (nSPS) is 23.4. The Morgan fingerprint density at radius 3 is 2.47 bits per heavy atom. The molecule has 1 atom stereocenters. The maximum absolute atomic E-state index is 12.6. The zero-order valence-corrected chi connectivity index (χ0v) is 12.0. The molecule has 0 saturated carbocycles. The predicted octanol–water partition coefficient (Wildman–Crippen LogP) is 3.19. The average Bonchev–Trinajstić information content (AvgIpc) is 2.39. The number of benzene rings is 1. The van der Waals surface area contributed by atoms with Crippen molar-refractivity contribution in [2.45, 2.75) is 51.7 Å². The van der Waals surface area contributed by atoms with Crippen LogP contribution in [0.1, 0.15) is 50.4 Å². The Hall–Kier alpha value is -1.35. The molecule has 1 aliphatic heterocycles.